The van der Waals surface area contributed by atoms with Crippen LogP contribution in [-0.2, 0) is 9.47 Å². The van der Waals surface area contributed by atoms with E-state index in [-0.39, 0.29) is 12.4 Å². The standard InChI is InChI=1S/C15H26O3/c1-9-14-12(15(17-2)18-9)7-10-5-3-4-6-11(10)13(14)8-16/h9-16H,3-8H2,1-2H3/t9?,10?,11?,12?,13-,14?,15?/m1/s1. The van der Waals surface area contributed by atoms with Gasteiger partial charge in [-0.15, -0.1) is 0 Å². The molecule has 2 saturated carbocycles. The van der Waals surface area contributed by atoms with Gasteiger partial charge >= 0.3 is 0 Å². The molecule has 0 aromatic rings. The molecule has 0 bridgehead atoms. The molecule has 3 fully saturated rings. The Morgan fingerprint density at radius 2 is 2.00 bits per heavy atom. The molecule has 7 atom stereocenters. The molecule has 3 aliphatic rings. The Morgan fingerprint density at radius 1 is 1.22 bits per heavy atom. The lowest BCUT2D eigenvalue weighted by atomic mass is 9.57. The van der Waals surface area contributed by atoms with Crippen LogP contribution in [0.5, 0.6) is 0 Å². The number of methoxy groups -OCH3 is 1. The Kier molecular flexibility index (Phi) is 3.65. The monoisotopic (exact) mass is 254 g/mol. The van der Waals surface area contributed by atoms with Crippen LogP contribution >= 0.6 is 0 Å². The van der Waals surface area contributed by atoms with Gasteiger partial charge in [0, 0.05) is 19.6 Å². The van der Waals surface area contributed by atoms with Gasteiger partial charge in [-0.1, -0.05) is 19.3 Å². The molecule has 2 aliphatic carbocycles. The van der Waals surface area contributed by atoms with Crippen LogP contribution in [0, 0.1) is 29.6 Å². The average Bonchev–Trinajstić information content (AvgIpc) is 2.73. The third kappa shape index (κ3) is 1.91. The van der Waals surface area contributed by atoms with Gasteiger partial charge in [-0.05, 0) is 43.4 Å². The van der Waals surface area contributed by atoms with Crippen molar-refractivity contribution in [3.8, 4) is 0 Å². The Hall–Kier alpha value is -0.120. The van der Waals surface area contributed by atoms with Crippen molar-refractivity contribution in [3.05, 3.63) is 0 Å². The fraction of sp³-hybridized carbons (Fsp3) is 1.00. The molecular formula is C15H26O3. The molecule has 0 aromatic carbocycles. The number of aliphatic hydroxyl groups is 1. The lowest BCUT2D eigenvalue weighted by molar-refractivity contribution is -0.132. The van der Waals surface area contributed by atoms with Crippen LogP contribution in [-0.4, -0.2) is 31.2 Å². The fourth-order valence-electron chi connectivity index (χ4n) is 5.08. The van der Waals surface area contributed by atoms with Crippen LogP contribution in [0.4, 0.5) is 0 Å². The zero-order chi connectivity index (χ0) is 12.7. The summed E-state index contributed by atoms with van der Waals surface area (Å²) in [6.07, 6.45) is 6.80. The zero-order valence-electron chi connectivity index (χ0n) is 11.5. The largest absolute Gasteiger partial charge is 0.396 e. The smallest absolute Gasteiger partial charge is 0.160 e. The van der Waals surface area contributed by atoms with E-state index in [0.29, 0.717) is 24.4 Å². The first-order chi connectivity index (χ1) is 8.76. The molecule has 1 heterocycles. The number of aliphatic hydroxyl groups excluding tert-OH is 1. The average molecular weight is 254 g/mol. The van der Waals surface area contributed by atoms with Crippen molar-refractivity contribution >= 4 is 0 Å². The van der Waals surface area contributed by atoms with Crippen molar-refractivity contribution in [2.45, 2.75) is 51.4 Å². The van der Waals surface area contributed by atoms with Crippen molar-refractivity contribution < 1.29 is 14.6 Å². The summed E-state index contributed by atoms with van der Waals surface area (Å²) in [5.74, 6) is 2.96. The highest BCUT2D eigenvalue weighted by molar-refractivity contribution is 4.99. The van der Waals surface area contributed by atoms with E-state index in [0.717, 1.165) is 11.8 Å². The Labute approximate surface area is 110 Å². The Morgan fingerprint density at radius 3 is 2.72 bits per heavy atom. The van der Waals surface area contributed by atoms with Gasteiger partial charge in [-0.2, -0.15) is 0 Å². The molecule has 0 radical (unpaired) electrons. The number of hydrogen-bond donors (Lipinski definition) is 1. The second kappa shape index (κ2) is 5.10. The van der Waals surface area contributed by atoms with E-state index in [1.165, 1.54) is 32.1 Å². The van der Waals surface area contributed by atoms with E-state index in [1.54, 1.807) is 7.11 Å². The molecule has 3 rings (SSSR count). The summed E-state index contributed by atoms with van der Waals surface area (Å²) in [6, 6.07) is 0. The second-order valence-corrected chi connectivity index (χ2v) is 6.48. The maximum Gasteiger partial charge on any atom is 0.160 e. The van der Waals surface area contributed by atoms with Crippen molar-refractivity contribution in [3.63, 3.8) is 0 Å². The lowest BCUT2D eigenvalue weighted by Crippen LogP contribution is -2.45. The first-order valence-corrected chi connectivity index (χ1v) is 7.55. The molecule has 1 saturated heterocycles. The highest BCUT2D eigenvalue weighted by atomic mass is 16.7. The normalized spacial score (nSPS) is 51.8. The summed E-state index contributed by atoms with van der Waals surface area (Å²) < 4.78 is 11.5. The summed E-state index contributed by atoms with van der Waals surface area (Å²) in [5.41, 5.74) is 0. The summed E-state index contributed by atoms with van der Waals surface area (Å²) in [6.45, 7) is 2.48. The first-order valence-electron chi connectivity index (χ1n) is 7.55. The number of fused-ring (bicyclic) bond motifs is 2. The van der Waals surface area contributed by atoms with E-state index in [4.69, 9.17) is 9.47 Å². The fourth-order valence-corrected chi connectivity index (χ4v) is 5.08. The van der Waals surface area contributed by atoms with Crippen molar-refractivity contribution in [1.29, 1.82) is 0 Å². The Bertz CT molecular complexity index is 293. The third-order valence-electron chi connectivity index (χ3n) is 5.77. The predicted octanol–water partition coefficient (Wildman–Crippen LogP) is 2.43. The van der Waals surface area contributed by atoms with Gasteiger partial charge in [-0.3, -0.25) is 0 Å². The van der Waals surface area contributed by atoms with Crippen molar-refractivity contribution in [2.75, 3.05) is 13.7 Å². The summed E-state index contributed by atoms with van der Waals surface area (Å²) in [7, 11) is 1.75. The van der Waals surface area contributed by atoms with E-state index in [2.05, 4.69) is 6.92 Å². The maximum atomic E-state index is 9.86. The molecular weight excluding hydrogens is 228 g/mol. The van der Waals surface area contributed by atoms with Crippen LogP contribution in [0.25, 0.3) is 0 Å². The lowest BCUT2D eigenvalue weighted by Gasteiger charge is -2.47. The molecule has 18 heavy (non-hydrogen) atoms. The van der Waals surface area contributed by atoms with Crippen LogP contribution < -0.4 is 0 Å². The zero-order valence-corrected chi connectivity index (χ0v) is 11.5. The minimum atomic E-state index is -0.0399. The molecule has 0 aromatic heterocycles. The van der Waals surface area contributed by atoms with Gasteiger partial charge in [0.15, 0.2) is 6.29 Å². The van der Waals surface area contributed by atoms with Gasteiger partial charge in [0.05, 0.1) is 6.10 Å². The maximum absolute atomic E-state index is 9.86. The molecule has 6 unspecified atom stereocenters. The molecule has 3 heteroatoms. The molecule has 104 valence electrons. The molecule has 1 N–H and O–H groups in total. The van der Waals surface area contributed by atoms with E-state index in [1.807, 2.05) is 0 Å². The van der Waals surface area contributed by atoms with Gasteiger partial charge < -0.3 is 14.6 Å². The highest BCUT2D eigenvalue weighted by Gasteiger charge is 2.53. The topological polar surface area (TPSA) is 38.7 Å². The summed E-state index contributed by atoms with van der Waals surface area (Å²) in [4.78, 5) is 0. The minimum absolute atomic E-state index is 0.0399. The Balaban J connectivity index is 1.85. The van der Waals surface area contributed by atoms with Gasteiger partial charge in [-0.25, -0.2) is 0 Å². The minimum Gasteiger partial charge on any atom is -0.396 e. The summed E-state index contributed by atoms with van der Waals surface area (Å²) >= 11 is 0. The SMILES string of the molecule is COC1OC(C)C2C1CC1CCCCC1[C@H]2CO. The summed E-state index contributed by atoms with van der Waals surface area (Å²) in [5, 5.41) is 9.86. The highest BCUT2D eigenvalue weighted by Crippen LogP contribution is 2.54. The molecule has 1 aliphatic heterocycles. The predicted molar refractivity (Wildman–Crippen MR) is 69.0 cm³/mol. The van der Waals surface area contributed by atoms with Crippen LogP contribution in [0.3, 0.4) is 0 Å². The quantitative estimate of drug-likeness (QED) is 0.822. The third-order valence-corrected chi connectivity index (χ3v) is 5.77. The van der Waals surface area contributed by atoms with Crippen LogP contribution in [0.1, 0.15) is 39.0 Å². The van der Waals surface area contributed by atoms with Gasteiger partial charge in [0.25, 0.3) is 0 Å². The second-order valence-electron chi connectivity index (χ2n) is 6.48. The van der Waals surface area contributed by atoms with Crippen molar-refractivity contribution in [2.24, 2.45) is 29.6 Å². The molecule has 3 nitrogen and oxygen atoms in total. The first kappa shape index (κ1) is 12.9. The number of rotatable bonds is 2. The van der Waals surface area contributed by atoms with Gasteiger partial charge in [0.2, 0.25) is 0 Å². The number of ether oxygens (including phenoxy) is 2. The van der Waals surface area contributed by atoms with Gasteiger partial charge in [0.1, 0.15) is 0 Å². The van der Waals surface area contributed by atoms with Crippen LogP contribution in [0.2, 0.25) is 0 Å². The van der Waals surface area contributed by atoms with Crippen LogP contribution in [0.15, 0.2) is 0 Å². The van der Waals surface area contributed by atoms with E-state index < -0.39 is 0 Å². The van der Waals surface area contributed by atoms with E-state index >= 15 is 0 Å². The van der Waals surface area contributed by atoms with E-state index in [9.17, 15) is 5.11 Å². The van der Waals surface area contributed by atoms with Crippen molar-refractivity contribution in [1.82, 2.24) is 0 Å². The molecule has 0 spiro atoms. The number of hydrogen-bond acceptors (Lipinski definition) is 3. The molecule has 0 amide bonds.